The van der Waals surface area contributed by atoms with Crippen LogP contribution in [0.2, 0.25) is 0 Å². The van der Waals surface area contributed by atoms with Crippen LogP contribution in [-0.2, 0) is 9.53 Å². The third-order valence-electron chi connectivity index (χ3n) is 3.34. The lowest BCUT2D eigenvalue weighted by Crippen LogP contribution is -2.42. The molecule has 3 atom stereocenters. The van der Waals surface area contributed by atoms with Crippen molar-refractivity contribution >= 4 is 5.91 Å². The van der Waals surface area contributed by atoms with Crippen LogP contribution in [0.3, 0.4) is 0 Å². The number of ether oxygens (including phenoxy) is 1. The average Bonchev–Trinajstić information content (AvgIpc) is 2.87. The van der Waals surface area contributed by atoms with Gasteiger partial charge in [-0.1, -0.05) is 30.3 Å². The Bertz CT molecular complexity index is 410. The Hall–Kier alpha value is -1.43. The van der Waals surface area contributed by atoms with Gasteiger partial charge in [-0.2, -0.15) is 0 Å². The number of aliphatic hydroxyl groups is 1. The summed E-state index contributed by atoms with van der Waals surface area (Å²) in [6, 6.07) is 9.47. The molecule has 1 aliphatic heterocycles. The molecule has 1 aliphatic rings. The SMILES string of the molecule is CO[C@H](CNC(=O)[C@@H]1C[C@@H](O)CN1)c1ccccc1. The maximum absolute atomic E-state index is 11.9. The Labute approximate surface area is 113 Å². The van der Waals surface area contributed by atoms with Gasteiger partial charge in [0, 0.05) is 20.2 Å². The number of aliphatic hydroxyl groups excluding tert-OH is 1. The van der Waals surface area contributed by atoms with E-state index in [0.717, 1.165) is 5.56 Å². The first-order chi connectivity index (χ1) is 9.20. The van der Waals surface area contributed by atoms with Gasteiger partial charge in [0.05, 0.1) is 18.2 Å². The summed E-state index contributed by atoms with van der Waals surface area (Å²) in [6.45, 7) is 0.901. The minimum absolute atomic E-state index is 0.0884. The molecule has 1 aromatic rings. The monoisotopic (exact) mass is 264 g/mol. The molecule has 5 heteroatoms. The van der Waals surface area contributed by atoms with Crippen molar-refractivity contribution in [1.82, 2.24) is 10.6 Å². The molecule has 2 rings (SSSR count). The number of methoxy groups -OCH3 is 1. The maximum Gasteiger partial charge on any atom is 0.237 e. The predicted molar refractivity (Wildman–Crippen MR) is 71.6 cm³/mol. The van der Waals surface area contributed by atoms with Crippen molar-refractivity contribution in [3.8, 4) is 0 Å². The van der Waals surface area contributed by atoms with Gasteiger partial charge < -0.3 is 20.5 Å². The lowest BCUT2D eigenvalue weighted by Gasteiger charge is -2.18. The van der Waals surface area contributed by atoms with Crippen LogP contribution in [0.25, 0.3) is 0 Å². The molecule has 0 aliphatic carbocycles. The predicted octanol–water partition coefficient (Wildman–Crippen LogP) is 0.213. The van der Waals surface area contributed by atoms with E-state index in [1.165, 1.54) is 0 Å². The molecule has 1 fully saturated rings. The quantitative estimate of drug-likeness (QED) is 0.711. The second-order valence-electron chi connectivity index (χ2n) is 4.73. The van der Waals surface area contributed by atoms with E-state index in [1.807, 2.05) is 30.3 Å². The van der Waals surface area contributed by atoms with E-state index in [-0.39, 0.29) is 18.1 Å². The average molecular weight is 264 g/mol. The number of β-amino-alcohol motifs (C(OH)–C–C–N with tert-alkyl or cyclic N) is 1. The molecule has 0 aromatic heterocycles. The molecule has 0 unspecified atom stereocenters. The molecule has 0 bridgehead atoms. The normalized spacial score (nSPS) is 24.1. The van der Waals surface area contributed by atoms with Gasteiger partial charge in [0.15, 0.2) is 0 Å². The van der Waals surface area contributed by atoms with Crippen molar-refractivity contribution < 1.29 is 14.6 Å². The number of amides is 1. The number of carbonyl (C=O) groups is 1. The molecule has 5 nitrogen and oxygen atoms in total. The van der Waals surface area contributed by atoms with Gasteiger partial charge in [-0.3, -0.25) is 4.79 Å². The number of benzene rings is 1. The van der Waals surface area contributed by atoms with Crippen molar-refractivity contribution in [2.75, 3.05) is 20.2 Å². The highest BCUT2D eigenvalue weighted by Gasteiger charge is 2.28. The fraction of sp³-hybridized carbons (Fsp3) is 0.500. The van der Waals surface area contributed by atoms with E-state index in [4.69, 9.17) is 4.74 Å². The topological polar surface area (TPSA) is 70.6 Å². The Morgan fingerprint density at radius 1 is 1.53 bits per heavy atom. The molecule has 0 radical (unpaired) electrons. The summed E-state index contributed by atoms with van der Waals surface area (Å²) >= 11 is 0. The molecule has 104 valence electrons. The summed E-state index contributed by atoms with van der Waals surface area (Å²) in [5.41, 5.74) is 1.03. The highest BCUT2D eigenvalue weighted by Crippen LogP contribution is 2.15. The number of hydrogen-bond donors (Lipinski definition) is 3. The number of nitrogens with one attached hydrogen (secondary N) is 2. The van der Waals surface area contributed by atoms with Crippen LogP contribution in [0.15, 0.2) is 30.3 Å². The fourth-order valence-electron chi connectivity index (χ4n) is 2.24. The van der Waals surface area contributed by atoms with E-state index in [2.05, 4.69) is 10.6 Å². The van der Waals surface area contributed by atoms with Crippen LogP contribution in [0.1, 0.15) is 18.1 Å². The standard InChI is InChI=1S/C14H20N2O3/c1-19-13(10-5-3-2-4-6-10)9-16-14(18)12-7-11(17)8-15-12/h2-6,11-13,15,17H,7-9H2,1H3,(H,16,18)/t11-,12+,13-/m1/s1. The van der Waals surface area contributed by atoms with Gasteiger partial charge in [0.25, 0.3) is 0 Å². The minimum Gasteiger partial charge on any atom is -0.392 e. The number of hydrogen-bond acceptors (Lipinski definition) is 4. The lowest BCUT2D eigenvalue weighted by atomic mass is 10.1. The molecule has 1 saturated heterocycles. The number of carbonyl (C=O) groups excluding carboxylic acids is 1. The van der Waals surface area contributed by atoms with Crippen LogP contribution < -0.4 is 10.6 Å². The Kier molecular flexibility index (Phi) is 4.90. The molecule has 0 saturated carbocycles. The van der Waals surface area contributed by atoms with Crippen LogP contribution in [0, 0.1) is 0 Å². The molecule has 3 N–H and O–H groups in total. The second-order valence-corrected chi connectivity index (χ2v) is 4.73. The van der Waals surface area contributed by atoms with Crippen LogP contribution >= 0.6 is 0 Å². The van der Waals surface area contributed by atoms with E-state index < -0.39 is 6.10 Å². The molecule has 0 spiro atoms. The van der Waals surface area contributed by atoms with Crippen molar-refractivity contribution in [3.05, 3.63) is 35.9 Å². The van der Waals surface area contributed by atoms with Crippen molar-refractivity contribution in [2.24, 2.45) is 0 Å². The van der Waals surface area contributed by atoms with Gasteiger partial charge >= 0.3 is 0 Å². The largest absolute Gasteiger partial charge is 0.392 e. The fourth-order valence-corrected chi connectivity index (χ4v) is 2.24. The van der Waals surface area contributed by atoms with Gasteiger partial charge in [-0.15, -0.1) is 0 Å². The van der Waals surface area contributed by atoms with Crippen molar-refractivity contribution in [2.45, 2.75) is 24.7 Å². The second kappa shape index (κ2) is 6.65. The first-order valence-corrected chi connectivity index (χ1v) is 6.47. The molecular formula is C14H20N2O3. The zero-order valence-electron chi connectivity index (χ0n) is 11.0. The third kappa shape index (κ3) is 3.76. The smallest absolute Gasteiger partial charge is 0.237 e. The highest BCUT2D eigenvalue weighted by molar-refractivity contribution is 5.82. The Morgan fingerprint density at radius 2 is 2.26 bits per heavy atom. The van der Waals surface area contributed by atoms with E-state index in [0.29, 0.717) is 19.5 Å². The molecule has 1 aromatic carbocycles. The maximum atomic E-state index is 11.9. The van der Waals surface area contributed by atoms with Crippen molar-refractivity contribution in [1.29, 1.82) is 0 Å². The third-order valence-corrected chi connectivity index (χ3v) is 3.34. The van der Waals surface area contributed by atoms with Gasteiger partial charge in [-0.25, -0.2) is 0 Å². The van der Waals surface area contributed by atoms with E-state index in [1.54, 1.807) is 7.11 Å². The summed E-state index contributed by atoms with van der Waals surface area (Å²) in [7, 11) is 1.63. The molecular weight excluding hydrogens is 244 g/mol. The van der Waals surface area contributed by atoms with Gasteiger partial charge in [0.2, 0.25) is 5.91 Å². The first kappa shape index (κ1) is 14.0. The van der Waals surface area contributed by atoms with Crippen LogP contribution in [0.5, 0.6) is 0 Å². The first-order valence-electron chi connectivity index (χ1n) is 6.47. The Balaban J connectivity index is 1.85. The summed E-state index contributed by atoms with van der Waals surface area (Å²) in [4.78, 5) is 11.9. The van der Waals surface area contributed by atoms with E-state index in [9.17, 15) is 9.90 Å². The summed E-state index contributed by atoms with van der Waals surface area (Å²) in [5, 5.41) is 15.2. The minimum atomic E-state index is -0.428. The summed E-state index contributed by atoms with van der Waals surface area (Å²) in [5.74, 6) is -0.0884. The number of rotatable bonds is 5. The summed E-state index contributed by atoms with van der Waals surface area (Å²) in [6.07, 6.45) is -0.117. The molecule has 19 heavy (non-hydrogen) atoms. The van der Waals surface area contributed by atoms with Gasteiger partial charge in [-0.05, 0) is 12.0 Å². The van der Waals surface area contributed by atoms with E-state index >= 15 is 0 Å². The molecule has 1 heterocycles. The zero-order chi connectivity index (χ0) is 13.7. The highest BCUT2D eigenvalue weighted by atomic mass is 16.5. The Morgan fingerprint density at radius 3 is 2.84 bits per heavy atom. The summed E-state index contributed by atoms with van der Waals surface area (Å²) < 4.78 is 5.39. The molecule has 1 amide bonds. The van der Waals surface area contributed by atoms with Crippen molar-refractivity contribution in [3.63, 3.8) is 0 Å². The van der Waals surface area contributed by atoms with Crippen LogP contribution in [-0.4, -0.2) is 43.4 Å². The van der Waals surface area contributed by atoms with Gasteiger partial charge in [0.1, 0.15) is 0 Å². The lowest BCUT2D eigenvalue weighted by molar-refractivity contribution is -0.123. The van der Waals surface area contributed by atoms with Crippen LogP contribution in [0.4, 0.5) is 0 Å². The zero-order valence-corrected chi connectivity index (χ0v) is 11.0.